The predicted octanol–water partition coefficient (Wildman–Crippen LogP) is -2.86. The molecule has 6 heavy (non-hydrogen) atoms. The molecule has 0 aromatic carbocycles. The molecule has 0 atom stereocenters. The van der Waals surface area contributed by atoms with E-state index in [-0.39, 0.29) is 91.6 Å². The molecule has 0 saturated heterocycles. The van der Waals surface area contributed by atoms with Gasteiger partial charge in [-0.3, -0.25) is 0 Å². The van der Waals surface area contributed by atoms with Crippen LogP contribution in [0.2, 0.25) is 0 Å². The molecular weight excluding hydrogens is 394 g/mol. The molecule has 0 aliphatic rings. The van der Waals surface area contributed by atoms with Gasteiger partial charge in [0.25, 0.3) is 0 Å². The van der Waals surface area contributed by atoms with Crippen LogP contribution in [0.15, 0.2) is 0 Å². The number of rotatable bonds is 0. The fourth-order valence-electron chi connectivity index (χ4n) is 0. The molecule has 36 valence electrons. The second-order valence-corrected chi connectivity index (χ2v) is 0. The third-order valence-corrected chi connectivity index (χ3v) is 0. The van der Waals surface area contributed by atoms with Crippen LogP contribution in [0.25, 0.3) is 0 Å². The van der Waals surface area contributed by atoms with Crippen molar-refractivity contribution >= 4 is 27.3 Å². The van der Waals surface area contributed by atoms with Crippen molar-refractivity contribution in [2.24, 2.45) is 0 Å². The van der Waals surface area contributed by atoms with Crippen molar-refractivity contribution in [2.75, 3.05) is 0 Å². The van der Waals surface area contributed by atoms with E-state index in [1.807, 2.05) is 0 Å². The maximum atomic E-state index is 0. The molecule has 0 aliphatic heterocycles. The van der Waals surface area contributed by atoms with Crippen LogP contribution in [-0.2, 0) is 47.9 Å². The van der Waals surface area contributed by atoms with Crippen LogP contribution in [0.3, 0.4) is 0 Å². The summed E-state index contributed by atoms with van der Waals surface area (Å²) in [6, 6.07) is 0. The number of hydrogen-bond donors (Lipinski definition) is 0. The van der Waals surface area contributed by atoms with Crippen molar-refractivity contribution in [1.82, 2.24) is 0 Å². The SMILES string of the molecule is O.O.O.[Pb].[Ti].[Zr]. The zero-order chi connectivity index (χ0) is 0. The summed E-state index contributed by atoms with van der Waals surface area (Å²) in [6.45, 7) is 0. The van der Waals surface area contributed by atoms with Crippen LogP contribution >= 0.6 is 0 Å². The first kappa shape index (κ1) is 79.9. The molecule has 4 radical (unpaired) electrons. The van der Waals surface area contributed by atoms with Gasteiger partial charge >= 0.3 is 0 Å². The Hall–Kier alpha value is 2.40. The molecule has 3 nitrogen and oxygen atoms in total. The molecule has 0 saturated carbocycles. The fraction of sp³-hybridized carbons (Fsp3) is 0. The van der Waals surface area contributed by atoms with Crippen molar-refractivity contribution in [2.45, 2.75) is 0 Å². The van der Waals surface area contributed by atoms with E-state index in [1.165, 1.54) is 0 Å². The molecule has 0 rings (SSSR count). The predicted molar refractivity (Wildman–Crippen MR) is 16.6 cm³/mol. The Morgan fingerprint density at radius 3 is 0.667 bits per heavy atom. The minimum absolute atomic E-state index is 0. The molecule has 0 fully saturated rings. The van der Waals surface area contributed by atoms with Gasteiger partial charge in [-0.15, -0.1) is 0 Å². The first-order chi connectivity index (χ1) is 0. The Morgan fingerprint density at radius 1 is 0.667 bits per heavy atom. The maximum Gasteiger partial charge on any atom is 0 e. The normalized spacial score (nSPS) is 0. The standard InChI is InChI=1S/3H2O.Pb.Ti.Zr/h3*1H2;;;. The van der Waals surface area contributed by atoms with Crippen LogP contribution in [0.4, 0.5) is 0 Å². The van der Waals surface area contributed by atoms with E-state index in [0.717, 1.165) is 0 Å². The van der Waals surface area contributed by atoms with Crippen molar-refractivity contribution in [3.8, 4) is 0 Å². The van der Waals surface area contributed by atoms with Crippen LogP contribution < -0.4 is 0 Å². The average molecular weight is 400 g/mol. The molecule has 6 N–H and O–H groups in total. The molecule has 6 heteroatoms. The first-order valence-electron chi connectivity index (χ1n) is 0. The van der Waals surface area contributed by atoms with Crippen molar-refractivity contribution < 1.29 is 64.3 Å². The zero-order valence-electron chi connectivity index (χ0n) is 3.00. The summed E-state index contributed by atoms with van der Waals surface area (Å²) < 4.78 is 0. The van der Waals surface area contributed by atoms with E-state index in [2.05, 4.69) is 0 Å². The molecule has 0 amide bonds. The van der Waals surface area contributed by atoms with Crippen molar-refractivity contribution in [3.05, 3.63) is 0 Å². The second-order valence-electron chi connectivity index (χ2n) is 0. The molecule has 0 spiro atoms. The van der Waals surface area contributed by atoms with Gasteiger partial charge in [-0.05, 0) is 0 Å². The average Bonchev–Trinajstić information content (AvgIpc) is 0. The molecule has 0 heterocycles. The maximum absolute atomic E-state index is 0. The first-order valence-corrected chi connectivity index (χ1v) is 0. The van der Waals surface area contributed by atoms with Gasteiger partial charge in [0.2, 0.25) is 0 Å². The summed E-state index contributed by atoms with van der Waals surface area (Å²) >= 11 is 0. The van der Waals surface area contributed by atoms with Gasteiger partial charge in [0, 0.05) is 75.2 Å². The van der Waals surface area contributed by atoms with Crippen molar-refractivity contribution in [1.29, 1.82) is 0 Å². The molecule has 0 aromatic heterocycles. The molecule has 0 unspecified atom stereocenters. The number of hydrogen-bond acceptors (Lipinski definition) is 0. The van der Waals surface area contributed by atoms with Gasteiger partial charge in [-0.1, -0.05) is 0 Å². The van der Waals surface area contributed by atoms with Gasteiger partial charge in [-0.25, -0.2) is 0 Å². The van der Waals surface area contributed by atoms with E-state index in [4.69, 9.17) is 0 Å². The Bertz CT molecular complexity index is 10.8. The minimum atomic E-state index is 0. The van der Waals surface area contributed by atoms with Gasteiger partial charge < -0.3 is 16.4 Å². The fourth-order valence-corrected chi connectivity index (χ4v) is 0. The quantitative estimate of drug-likeness (QED) is 0.391. The second kappa shape index (κ2) is 52.6. The monoisotopic (exact) mass is 400 g/mol. The molecular formula is H6O3PbTiZr. The zero-order valence-corrected chi connectivity index (χ0v) is 10.9. The Labute approximate surface area is 90.3 Å². The minimum Gasteiger partial charge on any atom is -0.412 e. The Balaban J connectivity index is 0. The largest absolute Gasteiger partial charge is 0.412 e. The molecule has 0 aromatic rings. The summed E-state index contributed by atoms with van der Waals surface area (Å²) in [5, 5.41) is 0. The summed E-state index contributed by atoms with van der Waals surface area (Å²) in [6.07, 6.45) is 0. The van der Waals surface area contributed by atoms with E-state index in [0.29, 0.717) is 0 Å². The summed E-state index contributed by atoms with van der Waals surface area (Å²) in [5.41, 5.74) is 0. The summed E-state index contributed by atoms with van der Waals surface area (Å²) in [7, 11) is 0. The van der Waals surface area contributed by atoms with Gasteiger partial charge in [0.05, 0.1) is 0 Å². The van der Waals surface area contributed by atoms with Gasteiger partial charge in [0.15, 0.2) is 0 Å². The molecule has 0 bridgehead atoms. The topological polar surface area (TPSA) is 94.5 Å². The molecule has 0 aliphatic carbocycles. The van der Waals surface area contributed by atoms with E-state index in [9.17, 15) is 0 Å². The van der Waals surface area contributed by atoms with Crippen LogP contribution in [0.1, 0.15) is 0 Å². The van der Waals surface area contributed by atoms with E-state index < -0.39 is 0 Å². The van der Waals surface area contributed by atoms with Gasteiger partial charge in [-0.2, -0.15) is 0 Å². The van der Waals surface area contributed by atoms with Crippen LogP contribution in [0, 0.1) is 0 Å². The van der Waals surface area contributed by atoms with Crippen LogP contribution in [0.5, 0.6) is 0 Å². The summed E-state index contributed by atoms with van der Waals surface area (Å²) in [5.74, 6) is 0. The Morgan fingerprint density at radius 2 is 0.667 bits per heavy atom. The van der Waals surface area contributed by atoms with E-state index in [1.54, 1.807) is 0 Å². The van der Waals surface area contributed by atoms with Gasteiger partial charge in [0.1, 0.15) is 0 Å². The third-order valence-electron chi connectivity index (χ3n) is 0. The van der Waals surface area contributed by atoms with Crippen molar-refractivity contribution in [3.63, 3.8) is 0 Å². The van der Waals surface area contributed by atoms with E-state index >= 15 is 0 Å². The summed E-state index contributed by atoms with van der Waals surface area (Å²) in [4.78, 5) is 0. The van der Waals surface area contributed by atoms with Crippen LogP contribution in [-0.4, -0.2) is 43.7 Å². The smallest absolute Gasteiger partial charge is 0 e. The third kappa shape index (κ3) is 32.4. The Kier molecular flexibility index (Phi) is 701.